The third-order valence-corrected chi connectivity index (χ3v) is 6.96. The number of sulfonamides is 1. The van der Waals surface area contributed by atoms with Gasteiger partial charge in [0.15, 0.2) is 0 Å². The summed E-state index contributed by atoms with van der Waals surface area (Å²) in [5.74, 6) is -0.423. The molecule has 0 spiro atoms. The number of rotatable bonds is 7. The van der Waals surface area contributed by atoms with Crippen molar-refractivity contribution < 1.29 is 13.2 Å². The summed E-state index contributed by atoms with van der Waals surface area (Å²) in [6, 6.07) is 19.3. The molecule has 31 heavy (non-hydrogen) atoms. The predicted molar refractivity (Wildman–Crippen MR) is 125 cm³/mol. The lowest BCUT2D eigenvalue weighted by Gasteiger charge is -2.22. The molecule has 1 N–H and O–H groups in total. The number of nitrogens with zero attached hydrogens (tertiary/aromatic N) is 1. The topological polar surface area (TPSA) is 66.5 Å². The molecule has 0 aliphatic rings. The molecule has 0 unspecified atom stereocenters. The molecular weight excluding hydrogens is 432 g/mol. The van der Waals surface area contributed by atoms with E-state index >= 15 is 0 Å². The van der Waals surface area contributed by atoms with Crippen molar-refractivity contribution in [2.45, 2.75) is 32.2 Å². The van der Waals surface area contributed by atoms with Gasteiger partial charge < -0.3 is 5.32 Å². The van der Waals surface area contributed by atoms with Crippen LogP contribution >= 0.6 is 11.6 Å². The van der Waals surface area contributed by atoms with E-state index < -0.39 is 15.9 Å². The Hall–Kier alpha value is -2.67. The van der Waals surface area contributed by atoms with Gasteiger partial charge in [-0.05, 0) is 67.8 Å². The molecule has 0 heterocycles. The second kappa shape index (κ2) is 9.64. The Labute approximate surface area is 188 Å². The number of carbonyl (C=O) groups excluding carboxylic acids is 1. The van der Waals surface area contributed by atoms with Gasteiger partial charge in [-0.1, -0.05) is 53.6 Å². The lowest BCUT2D eigenvalue weighted by atomic mass is 10.1. The van der Waals surface area contributed by atoms with Crippen LogP contribution in [0.2, 0.25) is 5.02 Å². The van der Waals surface area contributed by atoms with E-state index in [9.17, 15) is 13.2 Å². The fourth-order valence-corrected chi connectivity index (χ4v) is 4.88. The number of amides is 1. The molecule has 0 radical (unpaired) electrons. The molecule has 0 bridgehead atoms. The second-order valence-electron chi connectivity index (χ2n) is 7.60. The van der Waals surface area contributed by atoms with E-state index in [-0.39, 0.29) is 18.0 Å². The molecule has 0 atom stereocenters. The third-order valence-electron chi connectivity index (χ3n) is 4.79. The summed E-state index contributed by atoms with van der Waals surface area (Å²) in [7, 11) is -3.92. The van der Waals surface area contributed by atoms with Gasteiger partial charge in [-0.15, -0.1) is 0 Å². The highest BCUT2D eigenvalue weighted by atomic mass is 35.5. The maximum atomic E-state index is 13.4. The van der Waals surface area contributed by atoms with Crippen LogP contribution in [0.4, 0.5) is 5.69 Å². The van der Waals surface area contributed by atoms with E-state index in [1.807, 2.05) is 39.0 Å². The van der Waals surface area contributed by atoms with Gasteiger partial charge in [0.25, 0.3) is 0 Å². The fourth-order valence-electron chi connectivity index (χ4n) is 3.31. The highest BCUT2D eigenvalue weighted by Gasteiger charge is 2.27. The molecular formula is C24H25ClN2O3S. The van der Waals surface area contributed by atoms with Gasteiger partial charge >= 0.3 is 0 Å². The Balaban J connectivity index is 1.90. The molecule has 7 heteroatoms. The molecule has 162 valence electrons. The number of nitrogens with one attached hydrogen (secondary N) is 1. The van der Waals surface area contributed by atoms with Crippen LogP contribution in [0.25, 0.3) is 0 Å². The quantitative estimate of drug-likeness (QED) is 0.538. The first-order valence-corrected chi connectivity index (χ1v) is 11.7. The highest BCUT2D eigenvalue weighted by molar-refractivity contribution is 7.89. The van der Waals surface area contributed by atoms with Crippen molar-refractivity contribution in [3.8, 4) is 0 Å². The standard InChI is InChI=1S/C24H25ClN2O3S/c1-17-8-10-22(11-9-17)31(29,30)27(15-20-6-4-5-7-23(20)25)16-24(28)26-21-13-18(2)12-19(3)14-21/h4-14H,15-16H2,1-3H3,(H,26,28). The van der Waals surface area contributed by atoms with Crippen LogP contribution in [0.1, 0.15) is 22.3 Å². The maximum Gasteiger partial charge on any atom is 0.243 e. The average molecular weight is 457 g/mol. The lowest BCUT2D eigenvalue weighted by molar-refractivity contribution is -0.116. The van der Waals surface area contributed by atoms with Crippen molar-refractivity contribution in [3.05, 3.63) is 94.0 Å². The van der Waals surface area contributed by atoms with E-state index in [0.717, 1.165) is 21.0 Å². The number of carbonyl (C=O) groups is 1. The molecule has 0 aliphatic heterocycles. The van der Waals surface area contributed by atoms with Crippen molar-refractivity contribution >= 4 is 33.2 Å². The van der Waals surface area contributed by atoms with Crippen LogP contribution in [-0.4, -0.2) is 25.2 Å². The second-order valence-corrected chi connectivity index (χ2v) is 9.95. The summed E-state index contributed by atoms with van der Waals surface area (Å²) in [5, 5.41) is 3.25. The first-order chi connectivity index (χ1) is 14.6. The summed E-state index contributed by atoms with van der Waals surface area (Å²) in [4.78, 5) is 12.9. The first kappa shape index (κ1) is 23.0. The van der Waals surface area contributed by atoms with Crippen LogP contribution in [-0.2, 0) is 21.4 Å². The smallest absolute Gasteiger partial charge is 0.243 e. The van der Waals surface area contributed by atoms with Crippen molar-refractivity contribution in [3.63, 3.8) is 0 Å². The van der Waals surface area contributed by atoms with Crippen LogP contribution in [0.15, 0.2) is 71.6 Å². The highest BCUT2D eigenvalue weighted by Crippen LogP contribution is 2.23. The average Bonchev–Trinajstić information content (AvgIpc) is 2.68. The van der Waals surface area contributed by atoms with Gasteiger partial charge in [0.1, 0.15) is 0 Å². The molecule has 0 saturated heterocycles. The number of anilines is 1. The van der Waals surface area contributed by atoms with Crippen LogP contribution in [0.3, 0.4) is 0 Å². The zero-order valence-corrected chi connectivity index (χ0v) is 19.3. The third kappa shape index (κ3) is 5.94. The SMILES string of the molecule is Cc1ccc(S(=O)(=O)N(CC(=O)Nc2cc(C)cc(C)c2)Cc2ccccc2Cl)cc1. The fraction of sp³-hybridized carbons (Fsp3) is 0.208. The van der Waals surface area contributed by atoms with Crippen LogP contribution in [0.5, 0.6) is 0 Å². The summed E-state index contributed by atoms with van der Waals surface area (Å²) in [5.41, 5.74) is 4.22. The van der Waals surface area contributed by atoms with Crippen LogP contribution in [0, 0.1) is 20.8 Å². The summed E-state index contributed by atoms with van der Waals surface area (Å²) >= 11 is 6.26. The first-order valence-electron chi connectivity index (χ1n) is 9.83. The minimum atomic E-state index is -3.92. The van der Waals surface area contributed by atoms with Crippen molar-refractivity contribution in [1.82, 2.24) is 4.31 Å². The molecule has 3 rings (SSSR count). The number of halogens is 1. The number of aryl methyl sites for hydroxylation is 3. The van der Waals surface area contributed by atoms with E-state index in [1.54, 1.807) is 48.5 Å². The number of benzene rings is 3. The summed E-state index contributed by atoms with van der Waals surface area (Å²) in [6.07, 6.45) is 0. The molecule has 0 aromatic heterocycles. The molecule has 5 nitrogen and oxygen atoms in total. The predicted octanol–water partition coefficient (Wildman–Crippen LogP) is 5.09. The molecule has 1 amide bonds. The van der Waals surface area contributed by atoms with Crippen molar-refractivity contribution in [1.29, 1.82) is 0 Å². The van der Waals surface area contributed by atoms with Crippen molar-refractivity contribution in [2.24, 2.45) is 0 Å². The van der Waals surface area contributed by atoms with Gasteiger partial charge in [0, 0.05) is 17.3 Å². The Morgan fingerprint density at radius 2 is 1.52 bits per heavy atom. The minimum absolute atomic E-state index is 0.0177. The normalized spacial score (nSPS) is 11.5. The summed E-state index contributed by atoms with van der Waals surface area (Å²) in [6.45, 7) is 5.40. The zero-order chi connectivity index (χ0) is 22.6. The number of hydrogen-bond donors (Lipinski definition) is 1. The Morgan fingerprint density at radius 1 is 0.903 bits per heavy atom. The molecule has 0 saturated carbocycles. The van der Waals surface area contributed by atoms with Gasteiger partial charge in [-0.25, -0.2) is 8.42 Å². The summed E-state index contributed by atoms with van der Waals surface area (Å²) < 4.78 is 27.9. The van der Waals surface area contributed by atoms with E-state index in [1.165, 1.54) is 0 Å². The van der Waals surface area contributed by atoms with Gasteiger partial charge in [-0.3, -0.25) is 4.79 Å². The molecule has 0 aliphatic carbocycles. The largest absolute Gasteiger partial charge is 0.325 e. The lowest BCUT2D eigenvalue weighted by Crippen LogP contribution is -2.37. The Bertz CT molecular complexity index is 1170. The number of hydrogen-bond acceptors (Lipinski definition) is 3. The van der Waals surface area contributed by atoms with E-state index in [2.05, 4.69) is 5.32 Å². The van der Waals surface area contributed by atoms with Crippen LogP contribution < -0.4 is 5.32 Å². The van der Waals surface area contributed by atoms with Gasteiger partial charge in [0.2, 0.25) is 15.9 Å². The van der Waals surface area contributed by atoms with Gasteiger partial charge in [0.05, 0.1) is 11.4 Å². The van der Waals surface area contributed by atoms with Gasteiger partial charge in [-0.2, -0.15) is 4.31 Å². The van der Waals surface area contributed by atoms with E-state index in [0.29, 0.717) is 16.3 Å². The maximum absolute atomic E-state index is 13.4. The molecule has 0 fully saturated rings. The minimum Gasteiger partial charge on any atom is -0.325 e. The molecule has 3 aromatic carbocycles. The Kier molecular flexibility index (Phi) is 7.15. The molecule has 3 aromatic rings. The Morgan fingerprint density at radius 3 is 2.13 bits per heavy atom. The monoisotopic (exact) mass is 456 g/mol. The zero-order valence-electron chi connectivity index (χ0n) is 17.7. The van der Waals surface area contributed by atoms with E-state index in [4.69, 9.17) is 11.6 Å². The van der Waals surface area contributed by atoms with Crippen molar-refractivity contribution in [2.75, 3.05) is 11.9 Å².